The van der Waals surface area contributed by atoms with E-state index >= 15 is 0 Å². The first-order chi connectivity index (χ1) is 10.3. The van der Waals surface area contributed by atoms with E-state index in [1.165, 1.54) is 6.07 Å². The van der Waals surface area contributed by atoms with Gasteiger partial charge < -0.3 is 9.15 Å². The third-order valence-electron chi connectivity index (χ3n) is 2.27. The highest BCUT2D eigenvalue weighted by molar-refractivity contribution is 7.94. The Morgan fingerprint density at radius 3 is 2.77 bits per heavy atom. The molecule has 0 amide bonds. The Hall–Kier alpha value is -2.34. The van der Waals surface area contributed by atoms with E-state index in [-0.39, 0.29) is 17.4 Å². The largest absolute Gasteiger partial charge is 0.465 e. The van der Waals surface area contributed by atoms with Gasteiger partial charge in [-0.25, -0.2) is 8.42 Å². The summed E-state index contributed by atoms with van der Waals surface area (Å²) in [7, 11) is -3.98. The number of nitrogens with zero attached hydrogens (tertiary/aromatic N) is 3. The zero-order valence-corrected chi connectivity index (χ0v) is 12.7. The number of nitro groups is 1. The Labute approximate surface area is 127 Å². The van der Waals surface area contributed by atoms with Crippen LogP contribution in [0.2, 0.25) is 0 Å². The summed E-state index contributed by atoms with van der Waals surface area (Å²) in [6, 6.07) is 2.39. The lowest BCUT2D eigenvalue weighted by atomic mass is 10.5. The van der Waals surface area contributed by atoms with Gasteiger partial charge in [0.1, 0.15) is 4.92 Å². The molecule has 0 atom stereocenters. The first-order valence-corrected chi connectivity index (χ1v) is 8.27. The highest BCUT2D eigenvalue weighted by Gasteiger charge is 2.26. The molecule has 0 aliphatic heterocycles. The van der Waals surface area contributed by atoms with E-state index in [0.29, 0.717) is 11.3 Å². The molecule has 2 aromatic heterocycles. The lowest BCUT2D eigenvalue weighted by Crippen LogP contribution is -2.18. The standard InChI is InChI=1S/C10H9N3O7S2/c1-2-19-8(14)5-22(17,18)10-12-11-9(21-10)6-3-4-7(20-6)13(15)16/h3-4H,2,5H2,1H3. The van der Waals surface area contributed by atoms with Crippen LogP contribution in [-0.4, -0.2) is 41.9 Å². The van der Waals surface area contributed by atoms with Crippen molar-refractivity contribution in [3.05, 3.63) is 22.2 Å². The second-order valence-electron chi connectivity index (χ2n) is 3.83. The molecule has 12 heteroatoms. The summed E-state index contributed by atoms with van der Waals surface area (Å²) in [5.41, 5.74) is 0. The number of carbonyl (C=O) groups is 1. The van der Waals surface area contributed by atoms with Crippen LogP contribution in [0.25, 0.3) is 10.8 Å². The van der Waals surface area contributed by atoms with Crippen molar-refractivity contribution in [1.29, 1.82) is 0 Å². The van der Waals surface area contributed by atoms with Crippen molar-refractivity contribution in [3.63, 3.8) is 0 Å². The molecule has 0 unspecified atom stereocenters. The van der Waals surface area contributed by atoms with Gasteiger partial charge in [-0.15, -0.1) is 10.2 Å². The topological polar surface area (TPSA) is 142 Å². The third-order valence-corrected chi connectivity index (χ3v) is 5.24. The summed E-state index contributed by atoms with van der Waals surface area (Å²) in [6.07, 6.45) is 0. The first-order valence-electron chi connectivity index (χ1n) is 5.80. The SMILES string of the molecule is CCOC(=O)CS(=O)(=O)c1nnc(-c2ccc([N+](=O)[O-])o2)s1. The normalized spacial score (nSPS) is 11.3. The van der Waals surface area contributed by atoms with E-state index in [4.69, 9.17) is 4.42 Å². The van der Waals surface area contributed by atoms with Gasteiger partial charge in [-0.2, -0.15) is 0 Å². The molecular weight excluding hydrogens is 338 g/mol. The monoisotopic (exact) mass is 347 g/mol. The Balaban J connectivity index is 2.23. The molecule has 2 aromatic rings. The average molecular weight is 347 g/mol. The van der Waals surface area contributed by atoms with Crippen LogP contribution in [0.15, 0.2) is 20.9 Å². The van der Waals surface area contributed by atoms with Gasteiger partial charge in [0.25, 0.3) is 0 Å². The van der Waals surface area contributed by atoms with Crippen molar-refractivity contribution >= 4 is 33.0 Å². The maximum Gasteiger partial charge on any atom is 0.433 e. The molecule has 0 bridgehead atoms. The number of hydrogen-bond donors (Lipinski definition) is 0. The van der Waals surface area contributed by atoms with Gasteiger partial charge in [0, 0.05) is 0 Å². The van der Waals surface area contributed by atoms with E-state index < -0.39 is 36.7 Å². The van der Waals surface area contributed by atoms with Crippen LogP contribution < -0.4 is 0 Å². The van der Waals surface area contributed by atoms with Crippen LogP contribution in [0, 0.1) is 10.1 Å². The van der Waals surface area contributed by atoms with Crippen molar-refractivity contribution in [2.45, 2.75) is 11.3 Å². The fourth-order valence-corrected chi connectivity index (χ4v) is 3.54. The molecule has 0 spiro atoms. The summed E-state index contributed by atoms with van der Waals surface area (Å²) >= 11 is 0.644. The second-order valence-corrected chi connectivity index (χ2v) is 6.97. The van der Waals surface area contributed by atoms with Gasteiger partial charge in [-0.05, 0) is 13.0 Å². The molecule has 10 nitrogen and oxygen atoms in total. The maximum atomic E-state index is 11.9. The lowest BCUT2D eigenvalue weighted by Gasteiger charge is -2.00. The summed E-state index contributed by atoms with van der Waals surface area (Å²) in [6.45, 7) is 1.61. The van der Waals surface area contributed by atoms with Gasteiger partial charge >= 0.3 is 11.9 Å². The third kappa shape index (κ3) is 3.46. The second kappa shape index (κ2) is 6.19. The molecule has 0 saturated carbocycles. The lowest BCUT2D eigenvalue weighted by molar-refractivity contribution is -0.401. The Morgan fingerprint density at radius 1 is 1.45 bits per heavy atom. The molecule has 2 rings (SSSR count). The van der Waals surface area contributed by atoms with E-state index in [0.717, 1.165) is 6.07 Å². The van der Waals surface area contributed by atoms with Crippen molar-refractivity contribution < 1.29 is 27.3 Å². The number of esters is 1. The Kier molecular flexibility index (Phi) is 4.51. The number of aromatic nitrogens is 2. The van der Waals surface area contributed by atoms with Gasteiger partial charge in [0.05, 0.1) is 12.7 Å². The minimum atomic E-state index is -3.98. The summed E-state index contributed by atoms with van der Waals surface area (Å²) < 4.78 is 33.0. The number of sulfone groups is 1. The summed E-state index contributed by atoms with van der Waals surface area (Å²) in [5, 5.41) is 17.7. The number of furan rings is 1. The summed E-state index contributed by atoms with van der Waals surface area (Å²) in [5.74, 6) is -2.23. The van der Waals surface area contributed by atoms with Crippen LogP contribution in [-0.2, 0) is 19.4 Å². The molecule has 0 aliphatic carbocycles. The molecule has 0 aliphatic rings. The van der Waals surface area contributed by atoms with Crippen molar-refractivity contribution in [1.82, 2.24) is 10.2 Å². The van der Waals surface area contributed by atoms with E-state index in [2.05, 4.69) is 14.9 Å². The van der Waals surface area contributed by atoms with Crippen LogP contribution >= 0.6 is 11.3 Å². The predicted octanol–water partition coefficient (Wildman–Crippen LogP) is 1.04. The quantitative estimate of drug-likeness (QED) is 0.425. The minimum Gasteiger partial charge on any atom is -0.465 e. The van der Waals surface area contributed by atoms with Gasteiger partial charge in [-0.3, -0.25) is 14.9 Å². The van der Waals surface area contributed by atoms with Gasteiger partial charge in [-0.1, -0.05) is 11.3 Å². The predicted molar refractivity (Wildman–Crippen MR) is 73.0 cm³/mol. The highest BCUT2D eigenvalue weighted by Crippen LogP contribution is 2.30. The fourth-order valence-electron chi connectivity index (χ4n) is 1.40. The van der Waals surface area contributed by atoms with E-state index in [1.807, 2.05) is 0 Å². The Bertz CT molecular complexity index is 808. The fraction of sp³-hybridized carbons (Fsp3) is 0.300. The molecule has 22 heavy (non-hydrogen) atoms. The smallest absolute Gasteiger partial charge is 0.433 e. The summed E-state index contributed by atoms with van der Waals surface area (Å²) in [4.78, 5) is 21.0. The average Bonchev–Trinajstić information content (AvgIpc) is 3.07. The molecule has 0 radical (unpaired) electrons. The van der Waals surface area contributed by atoms with E-state index in [1.54, 1.807) is 6.92 Å². The molecule has 0 saturated heterocycles. The molecule has 0 aromatic carbocycles. The molecular formula is C10H9N3O7S2. The van der Waals surface area contributed by atoms with Crippen LogP contribution in [0.1, 0.15) is 6.92 Å². The highest BCUT2D eigenvalue weighted by atomic mass is 32.2. The zero-order chi connectivity index (χ0) is 16.3. The van der Waals surface area contributed by atoms with Crippen LogP contribution in [0.5, 0.6) is 0 Å². The zero-order valence-electron chi connectivity index (χ0n) is 11.1. The van der Waals surface area contributed by atoms with Crippen molar-refractivity contribution in [3.8, 4) is 10.8 Å². The van der Waals surface area contributed by atoms with Gasteiger partial charge in [0.15, 0.2) is 16.5 Å². The first kappa shape index (κ1) is 16.0. The van der Waals surface area contributed by atoms with E-state index in [9.17, 15) is 23.3 Å². The molecule has 0 fully saturated rings. The van der Waals surface area contributed by atoms with Crippen LogP contribution in [0.3, 0.4) is 0 Å². The number of rotatable bonds is 6. The van der Waals surface area contributed by atoms with Crippen LogP contribution in [0.4, 0.5) is 5.88 Å². The molecule has 118 valence electrons. The van der Waals surface area contributed by atoms with Crippen molar-refractivity contribution in [2.75, 3.05) is 12.4 Å². The Morgan fingerprint density at radius 2 is 2.18 bits per heavy atom. The number of carbonyl (C=O) groups excluding carboxylic acids is 1. The number of ether oxygens (including phenoxy) is 1. The van der Waals surface area contributed by atoms with Crippen molar-refractivity contribution in [2.24, 2.45) is 0 Å². The minimum absolute atomic E-state index is 0.0155. The van der Waals surface area contributed by atoms with Gasteiger partial charge in [0.2, 0.25) is 14.2 Å². The maximum absolute atomic E-state index is 11.9. The molecule has 2 heterocycles. The number of hydrogen-bond acceptors (Lipinski definition) is 10. The molecule has 0 N–H and O–H groups in total.